The summed E-state index contributed by atoms with van der Waals surface area (Å²) in [6.07, 6.45) is 0.955. The van der Waals surface area contributed by atoms with E-state index in [1.165, 1.54) is 17.7 Å². The van der Waals surface area contributed by atoms with Gasteiger partial charge in [-0.2, -0.15) is 0 Å². The molecule has 1 heterocycles. The molecular weight excluding hydrogens is 236 g/mol. The standard InChI is InChI=1S/C11H18N4O3/c1-14-8(6-10(17)15(2)11(14)18)7-13-5-3-4-9(12)16/h6,13H,3-5,7H2,1-2H3,(H2,12,16). The van der Waals surface area contributed by atoms with E-state index in [0.717, 1.165) is 4.57 Å². The number of carbonyl (C=O) groups excluding carboxylic acids is 1. The molecule has 18 heavy (non-hydrogen) atoms. The van der Waals surface area contributed by atoms with Gasteiger partial charge in [0.15, 0.2) is 0 Å². The second kappa shape index (κ2) is 6.15. The molecule has 1 aromatic rings. The number of carbonyl (C=O) groups is 1. The zero-order valence-electron chi connectivity index (χ0n) is 10.6. The normalized spacial score (nSPS) is 10.6. The Morgan fingerprint density at radius 3 is 2.61 bits per heavy atom. The Bertz CT molecular complexity index is 544. The van der Waals surface area contributed by atoms with Crippen LogP contribution in [0.1, 0.15) is 18.5 Å². The molecule has 7 nitrogen and oxygen atoms in total. The number of primary amides is 1. The third-order valence-electron chi connectivity index (χ3n) is 2.71. The molecule has 0 aliphatic heterocycles. The molecule has 0 saturated heterocycles. The average molecular weight is 254 g/mol. The van der Waals surface area contributed by atoms with Crippen molar-refractivity contribution < 1.29 is 4.79 Å². The van der Waals surface area contributed by atoms with E-state index in [0.29, 0.717) is 31.6 Å². The van der Waals surface area contributed by atoms with E-state index in [1.807, 2.05) is 0 Å². The van der Waals surface area contributed by atoms with Crippen LogP contribution >= 0.6 is 0 Å². The van der Waals surface area contributed by atoms with Crippen LogP contribution in [0.15, 0.2) is 15.7 Å². The molecule has 0 atom stereocenters. The lowest BCUT2D eigenvalue weighted by molar-refractivity contribution is -0.118. The summed E-state index contributed by atoms with van der Waals surface area (Å²) in [5.74, 6) is -0.335. The summed E-state index contributed by atoms with van der Waals surface area (Å²) >= 11 is 0. The SMILES string of the molecule is Cn1c(CNCCCC(N)=O)cc(=O)n(C)c1=O. The minimum Gasteiger partial charge on any atom is -0.370 e. The monoisotopic (exact) mass is 254 g/mol. The van der Waals surface area contributed by atoms with Crippen molar-refractivity contribution in [2.45, 2.75) is 19.4 Å². The highest BCUT2D eigenvalue weighted by Gasteiger charge is 2.05. The number of nitrogens with two attached hydrogens (primary N) is 1. The molecule has 7 heteroatoms. The Labute approximate surface area is 104 Å². The number of nitrogens with zero attached hydrogens (tertiary/aromatic N) is 2. The van der Waals surface area contributed by atoms with Crippen LogP contribution in [-0.4, -0.2) is 21.6 Å². The predicted molar refractivity (Wildman–Crippen MR) is 67.1 cm³/mol. The van der Waals surface area contributed by atoms with Gasteiger partial charge in [0.05, 0.1) is 0 Å². The third-order valence-corrected chi connectivity index (χ3v) is 2.71. The molecule has 0 aromatic carbocycles. The molecule has 0 aliphatic rings. The third kappa shape index (κ3) is 3.56. The maximum absolute atomic E-state index is 11.6. The van der Waals surface area contributed by atoms with Gasteiger partial charge in [-0.05, 0) is 13.0 Å². The number of rotatable bonds is 6. The molecule has 0 radical (unpaired) electrons. The Balaban J connectivity index is 2.61. The first kappa shape index (κ1) is 14.2. The van der Waals surface area contributed by atoms with Crippen LogP contribution in [0.2, 0.25) is 0 Å². The zero-order valence-corrected chi connectivity index (χ0v) is 10.6. The van der Waals surface area contributed by atoms with Crippen LogP contribution < -0.4 is 22.3 Å². The number of amides is 1. The Morgan fingerprint density at radius 1 is 1.33 bits per heavy atom. The van der Waals surface area contributed by atoms with Crippen molar-refractivity contribution in [3.63, 3.8) is 0 Å². The zero-order chi connectivity index (χ0) is 13.7. The van der Waals surface area contributed by atoms with Gasteiger partial charge in [0, 0.05) is 38.8 Å². The minimum absolute atomic E-state index is 0.322. The summed E-state index contributed by atoms with van der Waals surface area (Å²) in [6.45, 7) is 1.01. The quantitative estimate of drug-likeness (QED) is 0.600. The molecule has 1 aromatic heterocycles. The summed E-state index contributed by atoms with van der Waals surface area (Å²) in [4.78, 5) is 33.6. The molecule has 0 saturated carbocycles. The Hall–Kier alpha value is -1.89. The number of hydrogen-bond acceptors (Lipinski definition) is 4. The highest BCUT2D eigenvalue weighted by atomic mass is 16.2. The molecule has 0 bridgehead atoms. The van der Waals surface area contributed by atoms with E-state index in [2.05, 4.69) is 5.32 Å². The molecule has 0 fully saturated rings. The lowest BCUT2D eigenvalue weighted by Crippen LogP contribution is -2.39. The average Bonchev–Trinajstić information content (AvgIpc) is 2.32. The van der Waals surface area contributed by atoms with Gasteiger partial charge < -0.3 is 11.1 Å². The number of hydrogen-bond donors (Lipinski definition) is 2. The second-order valence-corrected chi connectivity index (χ2v) is 4.12. The van der Waals surface area contributed by atoms with Crippen molar-refractivity contribution in [1.82, 2.24) is 14.5 Å². The molecule has 0 aliphatic carbocycles. The molecule has 1 amide bonds. The summed E-state index contributed by atoms with van der Waals surface area (Å²) in [6, 6.07) is 1.42. The fourth-order valence-electron chi connectivity index (χ4n) is 1.55. The topological polar surface area (TPSA) is 99.1 Å². The van der Waals surface area contributed by atoms with Gasteiger partial charge in [-0.3, -0.25) is 18.7 Å². The lowest BCUT2D eigenvalue weighted by Gasteiger charge is -2.10. The van der Waals surface area contributed by atoms with Crippen molar-refractivity contribution in [3.05, 3.63) is 32.6 Å². The molecule has 0 unspecified atom stereocenters. The van der Waals surface area contributed by atoms with Crippen LogP contribution in [0.25, 0.3) is 0 Å². The number of nitrogens with one attached hydrogen (secondary N) is 1. The van der Waals surface area contributed by atoms with Crippen molar-refractivity contribution >= 4 is 5.91 Å². The molecule has 3 N–H and O–H groups in total. The van der Waals surface area contributed by atoms with Crippen LogP contribution in [-0.2, 0) is 25.4 Å². The Morgan fingerprint density at radius 2 is 2.00 bits per heavy atom. The van der Waals surface area contributed by atoms with Crippen LogP contribution in [0.5, 0.6) is 0 Å². The van der Waals surface area contributed by atoms with Crippen LogP contribution in [0.3, 0.4) is 0 Å². The smallest absolute Gasteiger partial charge is 0.330 e. The fourth-order valence-corrected chi connectivity index (χ4v) is 1.55. The van der Waals surface area contributed by atoms with Gasteiger partial charge in [-0.25, -0.2) is 4.79 Å². The summed E-state index contributed by atoms with van der Waals surface area (Å²) < 4.78 is 2.47. The van der Waals surface area contributed by atoms with Crippen molar-refractivity contribution in [1.29, 1.82) is 0 Å². The highest BCUT2D eigenvalue weighted by Crippen LogP contribution is 1.91. The van der Waals surface area contributed by atoms with Gasteiger partial charge in [0.1, 0.15) is 0 Å². The van der Waals surface area contributed by atoms with Crippen LogP contribution in [0.4, 0.5) is 0 Å². The molecular formula is C11H18N4O3. The lowest BCUT2D eigenvalue weighted by atomic mass is 10.3. The van der Waals surface area contributed by atoms with E-state index in [-0.39, 0.29) is 17.2 Å². The largest absolute Gasteiger partial charge is 0.370 e. The summed E-state index contributed by atoms with van der Waals surface area (Å²) in [5, 5.41) is 3.06. The van der Waals surface area contributed by atoms with E-state index in [1.54, 1.807) is 7.05 Å². The van der Waals surface area contributed by atoms with Crippen LogP contribution in [0, 0.1) is 0 Å². The van der Waals surface area contributed by atoms with E-state index in [9.17, 15) is 14.4 Å². The maximum Gasteiger partial charge on any atom is 0.330 e. The van der Waals surface area contributed by atoms with Crippen molar-refractivity contribution in [3.8, 4) is 0 Å². The van der Waals surface area contributed by atoms with E-state index < -0.39 is 0 Å². The Kier molecular flexibility index (Phi) is 4.85. The van der Waals surface area contributed by atoms with Crippen molar-refractivity contribution in [2.24, 2.45) is 19.8 Å². The fraction of sp³-hybridized carbons (Fsp3) is 0.545. The molecule has 100 valence electrons. The first-order valence-electron chi connectivity index (χ1n) is 5.68. The maximum atomic E-state index is 11.6. The first-order valence-corrected chi connectivity index (χ1v) is 5.68. The number of aromatic nitrogens is 2. The predicted octanol–water partition coefficient (Wildman–Crippen LogP) is -1.56. The molecule has 0 spiro atoms. The second-order valence-electron chi connectivity index (χ2n) is 4.12. The van der Waals surface area contributed by atoms with Gasteiger partial charge in [0.2, 0.25) is 5.91 Å². The summed E-state index contributed by atoms with van der Waals surface area (Å²) in [5.41, 5.74) is 4.95. The van der Waals surface area contributed by atoms with E-state index >= 15 is 0 Å². The van der Waals surface area contributed by atoms with E-state index in [4.69, 9.17) is 5.73 Å². The van der Waals surface area contributed by atoms with Gasteiger partial charge in [-0.15, -0.1) is 0 Å². The van der Waals surface area contributed by atoms with Crippen molar-refractivity contribution in [2.75, 3.05) is 6.54 Å². The first-order chi connectivity index (χ1) is 8.43. The highest BCUT2D eigenvalue weighted by molar-refractivity contribution is 5.73. The summed E-state index contributed by atoms with van der Waals surface area (Å²) in [7, 11) is 3.05. The van der Waals surface area contributed by atoms with Gasteiger partial charge in [-0.1, -0.05) is 0 Å². The minimum atomic E-state index is -0.351. The molecule has 1 rings (SSSR count). The van der Waals surface area contributed by atoms with Gasteiger partial charge >= 0.3 is 5.69 Å². The van der Waals surface area contributed by atoms with Gasteiger partial charge in [0.25, 0.3) is 5.56 Å².